The molecule has 0 amide bonds. The van der Waals surface area contributed by atoms with E-state index in [1.807, 2.05) is 0 Å². The molecule has 1 unspecified atom stereocenters. The van der Waals surface area contributed by atoms with Crippen LogP contribution in [0.1, 0.15) is 36.4 Å². The molecule has 1 saturated carbocycles. The highest BCUT2D eigenvalue weighted by molar-refractivity contribution is 5.27. The lowest BCUT2D eigenvalue weighted by Crippen LogP contribution is -2.47. The molecule has 0 radical (unpaired) electrons. The van der Waals surface area contributed by atoms with Crippen molar-refractivity contribution in [3.63, 3.8) is 0 Å². The number of nitrogens with two attached hydrogens (primary N) is 1. The average Bonchev–Trinajstić information content (AvgIpc) is 2.24. The van der Waals surface area contributed by atoms with Gasteiger partial charge in [0.1, 0.15) is 0 Å². The van der Waals surface area contributed by atoms with E-state index >= 15 is 0 Å². The van der Waals surface area contributed by atoms with Crippen molar-refractivity contribution in [3.05, 3.63) is 35.4 Å². The van der Waals surface area contributed by atoms with E-state index < -0.39 is 0 Å². The second kappa shape index (κ2) is 4.79. The highest BCUT2D eigenvalue weighted by Crippen LogP contribution is 2.51. The van der Waals surface area contributed by atoms with Gasteiger partial charge in [0.05, 0.1) is 0 Å². The summed E-state index contributed by atoms with van der Waals surface area (Å²) in [4.78, 5) is 2.33. The Bertz CT molecular complexity index is 358. The van der Waals surface area contributed by atoms with Crippen LogP contribution in [0.15, 0.2) is 24.3 Å². The van der Waals surface area contributed by atoms with Gasteiger partial charge in [0, 0.05) is 11.5 Å². The lowest BCUT2D eigenvalue weighted by Gasteiger charge is -2.50. The molecule has 1 aliphatic carbocycles. The van der Waals surface area contributed by atoms with Gasteiger partial charge >= 0.3 is 0 Å². The lowest BCUT2D eigenvalue weighted by molar-refractivity contribution is 0.0282. The van der Waals surface area contributed by atoms with Gasteiger partial charge in [-0.05, 0) is 46.0 Å². The highest BCUT2D eigenvalue weighted by Gasteiger charge is 2.44. The van der Waals surface area contributed by atoms with Gasteiger partial charge in [0.25, 0.3) is 0 Å². The molecule has 0 aliphatic heterocycles. The zero-order valence-corrected chi connectivity index (χ0v) is 11.2. The first kappa shape index (κ1) is 12.6. The van der Waals surface area contributed by atoms with Gasteiger partial charge in [-0.15, -0.1) is 0 Å². The van der Waals surface area contributed by atoms with E-state index in [0.717, 1.165) is 6.54 Å². The number of aryl methyl sites for hydroxylation is 1. The molecule has 2 heteroatoms. The zero-order chi connectivity index (χ0) is 12.5. The fourth-order valence-electron chi connectivity index (χ4n) is 3.17. The lowest BCUT2D eigenvalue weighted by atomic mass is 9.62. The van der Waals surface area contributed by atoms with E-state index in [2.05, 4.69) is 50.2 Å². The van der Waals surface area contributed by atoms with Crippen molar-refractivity contribution < 1.29 is 0 Å². The second-order valence-corrected chi connectivity index (χ2v) is 5.70. The van der Waals surface area contributed by atoms with Crippen molar-refractivity contribution in [2.75, 3.05) is 20.6 Å². The third-order valence-electron chi connectivity index (χ3n) is 4.25. The van der Waals surface area contributed by atoms with Gasteiger partial charge in [0.2, 0.25) is 0 Å². The first-order valence-electron chi connectivity index (χ1n) is 6.52. The summed E-state index contributed by atoms with van der Waals surface area (Å²) >= 11 is 0. The monoisotopic (exact) mass is 232 g/mol. The van der Waals surface area contributed by atoms with E-state index in [1.165, 1.54) is 30.4 Å². The first-order valence-corrected chi connectivity index (χ1v) is 6.52. The molecular weight excluding hydrogens is 208 g/mol. The Hall–Kier alpha value is -0.860. The number of rotatable bonds is 4. The molecule has 0 aromatic heterocycles. The Labute approximate surface area is 105 Å². The van der Waals surface area contributed by atoms with Crippen LogP contribution in [-0.4, -0.2) is 25.5 Å². The molecule has 94 valence electrons. The SMILES string of the molecule is Cc1ccc(C(N(C)C)C2(CN)CCC2)cc1. The Morgan fingerprint density at radius 3 is 2.18 bits per heavy atom. The minimum atomic E-state index is 0.304. The molecule has 1 aromatic rings. The Balaban J connectivity index is 2.32. The predicted octanol–water partition coefficient (Wildman–Crippen LogP) is 2.73. The van der Waals surface area contributed by atoms with Gasteiger partial charge in [-0.3, -0.25) is 0 Å². The molecule has 1 aromatic carbocycles. The smallest absolute Gasteiger partial charge is 0.0410 e. The summed E-state index contributed by atoms with van der Waals surface area (Å²) in [6.07, 6.45) is 3.86. The first-order chi connectivity index (χ1) is 8.09. The fourth-order valence-corrected chi connectivity index (χ4v) is 3.17. The average molecular weight is 232 g/mol. The molecule has 0 spiro atoms. The maximum absolute atomic E-state index is 6.05. The highest BCUT2D eigenvalue weighted by atomic mass is 15.1. The summed E-state index contributed by atoms with van der Waals surface area (Å²) in [6.45, 7) is 2.93. The summed E-state index contributed by atoms with van der Waals surface area (Å²) in [5.74, 6) is 0. The Kier molecular flexibility index (Phi) is 3.55. The van der Waals surface area contributed by atoms with Crippen molar-refractivity contribution in [2.45, 2.75) is 32.2 Å². The van der Waals surface area contributed by atoms with Gasteiger partial charge in [-0.2, -0.15) is 0 Å². The number of benzene rings is 1. The van der Waals surface area contributed by atoms with Crippen molar-refractivity contribution in [2.24, 2.45) is 11.1 Å². The normalized spacial score (nSPS) is 20.1. The van der Waals surface area contributed by atoms with Gasteiger partial charge in [-0.1, -0.05) is 36.2 Å². The molecular formula is C15H24N2. The summed E-state index contributed by atoms with van der Waals surface area (Å²) in [5.41, 5.74) is 9.08. The molecule has 17 heavy (non-hydrogen) atoms. The number of nitrogens with zero attached hydrogens (tertiary/aromatic N) is 1. The van der Waals surface area contributed by atoms with Crippen LogP contribution in [0, 0.1) is 12.3 Å². The fraction of sp³-hybridized carbons (Fsp3) is 0.600. The second-order valence-electron chi connectivity index (χ2n) is 5.70. The topological polar surface area (TPSA) is 29.3 Å². The molecule has 2 N–H and O–H groups in total. The molecule has 0 saturated heterocycles. The van der Waals surface area contributed by atoms with Crippen LogP contribution < -0.4 is 5.73 Å². The van der Waals surface area contributed by atoms with Gasteiger partial charge in [-0.25, -0.2) is 0 Å². The van der Waals surface area contributed by atoms with Crippen LogP contribution in [-0.2, 0) is 0 Å². The standard InChI is InChI=1S/C15H24N2/c1-12-5-7-13(8-6-12)14(17(2)3)15(11-16)9-4-10-15/h5-8,14H,4,9-11,16H2,1-3H3. The van der Waals surface area contributed by atoms with Crippen LogP contribution in [0.5, 0.6) is 0 Å². The van der Waals surface area contributed by atoms with E-state index in [9.17, 15) is 0 Å². The van der Waals surface area contributed by atoms with Crippen molar-refractivity contribution in [1.29, 1.82) is 0 Å². The number of hydrogen-bond acceptors (Lipinski definition) is 2. The van der Waals surface area contributed by atoms with Crippen LogP contribution in [0.4, 0.5) is 0 Å². The Morgan fingerprint density at radius 2 is 1.82 bits per heavy atom. The third-order valence-corrected chi connectivity index (χ3v) is 4.25. The quantitative estimate of drug-likeness (QED) is 0.865. The summed E-state index contributed by atoms with van der Waals surface area (Å²) in [7, 11) is 4.33. The molecule has 1 fully saturated rings. The van der Waals surface area contributed by atoms with Crippen LogP contribution >= 0.6 is 0 Å². The van der Waals surface area contributed by atoms with Gasteiger partial charge in [0.15, 0.2) is 0 Å². The van der Waals surface area contributed by atoms with Gasteiger partial charge < -0.3 is 10.6 Å². The maximum atomic E-state index is 6.05. The summed E-state index contributed by atoms with van der Waals surface area (Å²) < 4.78 is 0. The molecule has 0 heterocycles. The van der Waals surface area contributed by atoms with E-state index in [0.29, 0.717) is 11.5 Å². The molecule has 0 bridgehead atoms. The van der Waals surface area contributed by atoms with Crippen LogP contribution in [0.2, 0.25) is 0 Å². The zero-order valence-electron chi connectivity index (χ0n) is 11.2. The van der Waals surface area contributed by atoms with Crippen molar-refractivity contribution in [3.8, 4) is 0 Å². The van der Waals surface area contributed by atoms with E-state index in [-0.39, 0.29) is 0 Å². The minimum Gasteiger partial charge on any atom is -0.330 e. The minimum absolute atomic E-state index is 0.304. The maximum Gasteiger partial charge on any atom is 0.0410 e. The molecule has 1 atom stereocenters. The largest absolute Gasteiger partial charge is 0.330 e. The molecule has 2 nitrogen and oxygen atoms in total. The third kappa shape index (κ3) is 2.24. The van der Waals surface area contributed by atoms with Crippen LogP contribution in [0.25, 0.3) is 0 Å². The Morgan fingerprint density at radius 1 is 1.24 bits per heavy atom. The van der Waals surface area contributed by atoms with E-state index in [1.54, 1.807) is 0 Å². The van der Waals surface area contributed by atoms with E-state index in [4.69, 9.17) is 5.73 Å². The molecule has 2 rings (SSSR count). The summed E-state index contributed by atoms with van der Waals surface area (Å²) in [5, 5.41) is 0. The summed E-state index contributed by atoms with van der Waals surface area (Å²) in [6, 6.07) is 9.39. The van der Waals surface area contributed by atoms with Crippen molar-refractivity contribution in [1.82, 2.24) is 4.90 Å². The number of hydrogen-bond donors (Lipinski definition) is 1. The molecule has 1 aliphatic rings. The predicted molar refractivity (Wildman–Crippen MR) is 72.9 cm³/mol. The van der Waals surface area contributed by atoms with Crippen molar-refractivity contribution >= 4 is 0 Å². The van der Waals surface area contributed by atoms with Crippen LogP contribution in [0.3, 0.4) is 0 Å².